The molecular weight excluding hydrogens is 178 g/mol. The largest absolute Gasteiger partial charge is 0.192 e. The summed E-state index contributed by atoms with van der Waals surface area (Å²) in [5.74, 6) is 6.25. The van der Waals surface area contributed by atoms with Crippen LogP contribution in [0.4, 0.5) is 0 Å². The van der Waals surface area contributed by atoms with Gasteiger partial charge in [0.2, 0.25) is 0 Å². The fourth-order valence-electron chi connectivity index (χ4n) is 0.994. The molecule has 0 amide bonds. The quantitative estimate of drug-likeness (QED) is 0.488. The maximum atomic E-state index is 8.77. The molecular formula is C11H9NS. The summed E-state index contributed by atoms with van der Waals surface area (Å²) in [6.45, 7) is 1.98. The maximum Gasteiger partial charge on any atom is 0.100 e. The molecule has 0 bridgehead atoms. The molecule has 64 valence electrons. The highest BCUT2D eigenvalue weighted by Gasteiger charge is 1.97. The van der Waals surface area contributed by atoms with Crippen molar-refractivity contribution in [2.75, 3.05) is 5.75 Å². The molecule has 0 fully saturated rings. The number of benzene rings is 1. The number of hydrogen-bond donors (Lipinski definition) is 1. The van der Waals surface area contributed by atoms with Crippen LogP contribution < -0.4 is 0 Å². The molecule has 0 unspecified atom stereocenters. The lowest BCUT2D eigenvalue weighted by atomic mass is 10.1. The van der Waals surface area contributed by atoms with E-state index in [1.807, 2.05) is 19.1 Å². The molecule has 0 saturated heterocycles. The predicted octanol–water partition coefficient (Wildman–Crippen LogP) is 2.15. The molecule has 0 radical (unpaired) electrons. The van der Waals surface area contributed by atoms with Crippen molar-refractivity contribution in [1.82, 2.24) is 0 Å². The van der Waals surface area contributed by atoms with E-state index in [4.69, 9.17) is 5.26 Å². The van der Waals surface area contributed by atoms with Crippen LogP contribution in [0.5, 0.6) is 0 Å². The van der Waals surface area contributed by atoms with E-state index in [1.54, 1.807) is 6.07 Å². The van der Waals surface area contributed by atoms with Crippen LogP contribution in [0, 0.1) is 30.1 Å². The highest BCUT2D eigenvalue weighted by molar-refractivity contribution is 7.80. The Morgan fingerprint density at radius 3 is 2.77 bits per heavy atom. The van der Waals surface area contributed by atoms with Crippen LogP contribution in [0.1, 0.15) is 16.7 Å². The van der Waals surface area contributed by atoms with E-state index in [2.05, 4.69) is 30.5 Å². The first-order valence-corrected chi connectivity index (χ1v) is 4.51. The fourth-order valence-corrected chi connectivity index (χ4v) is 1.07. The molecule has 0 N–H and O–H groups in total. The number of thiol groups is 1. The van der Waals surface area contributed by atoms with Crippen LogP contribution in [0.3, 0.4) is 0 Å². The molecule has 0 aliphatic heterocycles. The zero-order valence-corrected chi connectivity index (χ0v) is 8.23. The first-order valence-electron chi connectivity index (χ1n) is 3.88. The van der Waals surface area contributed by atoms with Gasteiger partial charge in [0.15, 0.2) is 0 Å². The number of nitrogens with zero attached hydrogens (tertiary/aromatic N) is 1. The Kier molecular flexibility index (Phi) is 3.43. The Labute approximate surface area is 83.8 Å². The summed E-state index contributed by atoms with van der Waals surface area (Å²) < 4.78 is 0. The lowest BCUT2D eigenvalue weighted by molar-refractivity contribution is 1.41. The molecule has 1 rings (SSSR count). The fraction of sp³-hybridized carbons (Fsp3) is 0.182. The first kappa shape index (κ1) is 9.71. The predicted molar refractivity (Wildman–Crippen MR) is 56.6 cm³/mol. The SMILES string of the molecule is Cc1ccc(C#N)c(C#CCS)c1. The van der Waals surface area contributed by atoms with Crippen molar-refractivity contribution < 1.29 is 0 Å². The van der Waals surface area contributed by atoms with Gasteiger partial charge in [0.1, 0.15) is 6.07 Å². The van der Waals surface area contributed by atoms with Gasteiger partial charge in [-0.1, -0.05) is 17.9 Å². The maximum absolute atomic E-state index is 8.77. The summed E-state index contributed by atoms with van der Waals surface area (Å²) in [7, 11) is 0. The summed E-state index contributed by atoms with van der Waals surface area (Å²) in [4.78, 5) is 0. The molecule has 0 aromatic heterocycles. The van der Waals surface area contributed by atoms with Gasteiger partial charge in [-0.15, -0.1) is 0 Å². The third-order valence-electron chi connectivity index (χ3n) is 1.60. The number of nitriles is 1. The van der Waals surface area contributed by atoms with Gasteiger partial charge >= 0.3 is 0 Å². The number of hydrogen-bond acceptors (Lipinski definition) is 2. The topological polar surface area (TPSA) is 23.8 Å². The Morgan fingerprint density at radius 1 is 1.38 bits per heavy atom. The highest BCUT2D eigenvalue weighted by atomic mass is 32.1. The van der Waals surface area contributed by atoms with Crippen molar-refractivity contribution in [2.45, 2.75) is 6.92 Å². The van der Waals surface area contributed by atoms with Gasteiger partial charge in [-0.05, 0) is 24.6 Å². The van der Waals surface area contributed by atoms with E-state index in [-0.39, 0.29) is 0 Å². The Balaban J connectivity index is 3.18. The molecule has 0 spiro atoms. The zero-order valence-electron chi connectivity index (χ0n) is 7.33. The Hall–Kier alpha value is -1.38. The minimum atomic E-state index is 0.513. The van der Waals surface area contributed by atoms with E-state index in [0.29, 0.717) is 11.3 Å². The van der Waals surface area contributed by atoms with Crippen LogP contribution in [0.25, 0.3) is 0 Å². The minimum Gasteiger partial charge on any atom is -0.192 e. The standard InChI is InChI=1S/C11H9NS/c1-9-4-5-11(8-12)10(7-9)3-2-6-13/h4-5,7,13H,6H2,1H3. The number of aryl methyl sites for hydroxylation is 1. The molecule has 1 nitrogen and oxygen atoms in total. The summed E-state index contributed by atoms with van der Waals surface area (Å²) >= 11 is 3.98. The minimum absolute atomic E-state index is 0.513. The van der Waals surface area contributed by atoms with Crippen molar-refractivity contribution in [3.8, 4) is 17.9 Å². The zero-order chi connectivity index (χ0) is 9.68. The van der Waals surface area contributed by atoms with Gasteiger partial charge in [-0.25, -0.2) is 0 Å². The van der Waals surface area contributed by atoms with Crippen molar-refractivity contribution in [2.24, 2.45) is 0 Å². The number of rotatable bonds is 0. The van der Waals surface area contributed by atoms with Crippen LogP contribution in [0.15, 0.2) is 18.2 Å². The highest BCUT2D eigenvalue weighted by Crippen LogP contribution is 2.08. The monoisotopic (exact) mass is 187 g/mol. The smallest absolute Gasteiger partial charge is 0.100 e. The second kappa shape index (κ2) is 4.60. The molecule has 0 heterocycles. The Morgan fingerprint density at radius 2 is 2.15 bits per heavy atom. The summed E-state index contributed by atoms with van der Waals surface area (Å²) in [6.07, 6.45) is 0. The average molecular weight is 187 g/mol. The van der Waals surface area contributed by atoms with Crippen LogP contribution in [-0.2, 0) is 0 Å². The normalized spacial score (nSPS) is 8.38. The average Bonchev–Trinajstić information content (AvgIpc) is 2.15. The molecule has 1 aromatic carbocycles. The summed E-state index contributed by atoms with van der Waals surface area (Å²) in [5.41, 5.74) is 2.53. The van der Waals surface area contributed by atoms with Gasteiger partial charge < -0.3 is 0 Å². The lowest BCUT2D eigenvalue weighted by Gasteiger charge is -1.96. The van der Waals surface area contributed by atoms with E-state index >= 15 is 0 Å². The molecule has 0 atom stereocenters. The van der Waals surface area contributed by atoms with Crippen LogP contribution >= 0.6 is 12.6 Å². The summed E-state index contributed by atoms with van der Waals surface area (Å²) in [6, 6.07) is 7.71. The van der Waals surface area contributed by atoms with Gasteiger partial charge in [-0.3, -0.25) is 0 Å². The molecule has 0 aliphatic carbocycles. The van der Waals surface area contributed by atoms with E-state index in [1.165, 1.54) is 0 Å². The third kappa shape index (κ3) is 2.54. The lowest BCUT2D eigenvalue weighted by Crippen LogP contribution is -1.84. The molecule has 0 aliphatic rings. The second-order valence-corrected chi connectivity index (χ2v) is 2.94. The van der Waals surface area contributed by atoms with Crippen molar-refractivity contribution in [3.05, 3.63) is 34.9 Å². The molecule has 0 saturated carbocycles. The Bertz CT molecular complexity index is 404. The first-order chi connectivity index (χ1) is 6.27. The van der Waals surface area contributed by atoms with Crippen molar-refractivity contribution >= 4 is 12.6 Å². The molecule has 2 heteroatoms. The van der Waals surface area contributed by atoms with Gasteiger partial charge in [-0.2, -0.15) is 17.9 Å². The van der Waals surface area contributed by atoms with Gasteiger partial charge in [0, 0.05) is 5.56 Å². The molecule has 13 heavy (non-hydrogen) atoms. The van der Waals surface area contributed by atoms with E-state index in [9.17, 15) is 0 Å². The molecule has 1 aromatic rings. The van der Waals surface area contributed by atoms with Crippen molar-refractivity contribution in [3.63, 3.8) is 0 Å². The van der Waals surface area contributed by atoms with Gasteiger partial charge in [0.05, 0.1) is 11.3 Å². The van der Waals surface area contributed by atoms with Crippen LogP contribution in [-0.4, -0.2) is 5.75 Å². The van der Waals surface area contributed by atoms with E-state index < -0.39 is 0 Å². The van der Waals surface area contributed by atoms with E-state index in [0.717, 1.165) is 11.1 Å². The van der Waals surface area contributed by atoms with Crippen molar-refractivity contribution in [1.29, 1.82) is 5.26 Å². The second-order valence-electron chi connectivity index (χ2n) is 2.62. The van der Waals surface area contributed by atoms with Crippen LogP contribution in [0.2, 0.25) is 0 Å². The van der Waals surface area contributed by atoms with Gasteiger partial charge in [0.25, 0.3) is 0 Å². The summed E-state index contributed by atoms with van der Waals surface area (Å²) in [5, 5.41) is 8.77. The third-order valence-corrected chi connectivity index (χ3v) is 1.76.